The van der Waals surface area contributed by atoms with E-state index < -0.39 is 17.0 Å². The van der Waals surface area contributed by atoms with Gasteiger partial charge in [-0.15, -0.1) is 11.3 Å². The van der Waals surface area contributed by atoms with Gasteiger partial charge in [-0.25, -0.2) is 13.8 Å². The summed E-state index contributed by atoms with van der Waals surface area (Å²) in [6, 6.07) is 4.27. The molecule has 1 aliphatic heterocycles. The minimum Gasteiger partial charge on any atom is -0.335 e. The van der Waals surface area contributed by atoms with Crippen LogP contribution in [0.2, 0.25) is 0 Å². The standard InChI is InChI=1S/C22H16BrF2N3O3S/c1-12(29)3-6-16-18(13-4-5-15(24)14(23)7-13)19-20(32-16)26-11-27(21(19)31)8-17(30)28-9-22(2,25)10-28/h4-5,7,11H,8-10H2,1-2H3. The van der Waals surface area contributed by atoms with Crippen molar-refractivity contribution in [2.24, 2.45) is 0 Å². The first kappa shape index (κ1) is 22.3. The number of benzene rings is 1. The van der Waals surface area contributed by atoms with Crippen LogP contribution >= 0.6 is 27.3 Å². The number of rotatable bonds is 3. The van der Waals surface area contributed by atoms with Gasteiger partial charge in [-0.3, -0.25) is 19.0 Å². The fraction of sp³-hybridized carbons (Fsp3) is 0.273. The summed E-state index contributed by atoms with van der Waals surface area (Å²) in [4.78, 5) is 43.6. The molecular weight excluding hydrogens is 504 g/mol. The van der Waals surface area contributed by atoms with Gasteiger partial charge >= 0.3 is 0 Å². The molecule has 10 heteroatoms. The number of hydrogen-bond acceptors (Lipinski definition) is 5. The van der Waals surface area contributed by atoms with Crippen molar-refractivity contribution in [1.82, 2.24) is 14.5 Å². The first-order chi connectivity index (χ1) is 15.1. The first-order valence-corrected chi connectivity index (χ1v) is 11.1. The Morgan fingerprint density at radius 2 is 2.06 bits per heavy atom. The number of thiophene rings is 1. The van der Waals surface area contributed by atoms with Crippen molar-refractivity contribution in [2.45, 2.75) is 26.1 Å². The van der Waals surface area contributed by atoms with Crippen LogP contribution in [0.5, 0.6) is 0 Å². The second-order valence-electron chi connectivity index (χ2n) is 7.76. The van der Waals surface area contributed by atoms with Crippen LogP contribution in [0, 0.1) is 17.7 Å². The van der Waals surface area contributed by atoms with E-state index in [4.69, 9.17) is 0 Å². The van der Waals surface area contributed by atoms with E-state index in [0.717, 1.165) is 15.9 Å². The molecule has 0 unspecified atom stereocenters. The van der Waals surface area contributed by atoms with Gasteiger partial charge in [0.1, 0.15) is 22.9 Å². The summed E-state index contributed by atoms with van der Waals surface area (Å²) in [6.07, 6.45) is 1.26. The topological polar surface area (TPSA) is 72.3 Å². The molecule has 3 heterocycles. The molecule has 4 rings (SSSR count). The van der Waals surface area contributed by atoms with Gasteiger partial charge in [-0.05, 0) is 52.4 Å². The number of fused-ring (bicyclic) bond motifs is 1. The minimum absolute atomic E-state index is 0.0195. The highest BCUT2D eigenvalue weighted by Crippen LogP contribution is 2.37. The average Bonchev–Trinajstić information content (AvgIpc) is 3.08. The Morgan fingerprint density at radius 1 is 1.34 bits per heavy atom. The van der Waals surface area contributed by atoms with Crippen molar-refractivity contribution < 1.29 is 18.4 Å². The number of Topliss-reactive ketones (excluding diaryl/α,β-unsaturated/α-hetero) is 1. The highest BCUT2D eigenvalue weighted by molar-refractivity contribution is 9.10. The molecule has 6 nitrogen and oxygen atoms in total. The van der Waals surface area contributed by atoms with Gasteiger partial charge < -0.3 is 4.90 Å². The van der Waals surface area contributed by atoms with E-state index in [9.17, 15) is 23.2 Å². The molecule has 32 heavy (non-hydrogen) atoms. The van der Waals surface area contributed by atoms with Gasteiger partial charge in [-0.2, -0.15) is 0 Å². The molecule has 1 fully saturated rings. The lowest BCUT2D eigenvalue weighted by Crippen LogP contribution is -2.60. The summed E-state index contributed by atoms with van der Waals surface area (Å²) in [5, 5.41) is 0.218. The van der Waals surface area contributed by atoms with Crippen LogP contribution in [0.3, 0.4) is 0 Å². The molecule has 2 aromatic heterocycles. The van der Waals surface area contributed by atoms with E-state index in [1.807, 2.05) is 0 Å². The molecule has 0 saturated carbocycles. The number of halogens is 3. The molecule has 3 aromatic rings. The third-order valence-electron chi connectivity index (χ3n) is 4.94. The lowest BCUT2D eigenvalue weighted by molar-refractivity contribution is -0.144. The van der Waals surface area contributed by atoms with Crippen molar-refractivity contribution in [2.75, 3.05) is 13.1 Å². The van der Waals surface area contributed by atoms with Crippen LogP contribution in [-0.4, -0.2) is 44.9 Å². The number of likely N-dealkylation sites (tertiary alicyclic amines) is 1. The number of hydrogen-bond donors (Lipinski definition) is 0. The molecule has 0 atom stereocenters. The highest BCUT2D eigenvalue weighted by Gasteiger charge is 2.41. The third-order valence-corrected chi connectivity index (χ3v) is 6.56. The zero-order valence-electron chi connectivity index (χ0n) is 17.0. The molecule has 1 saturated heterocycles. The van der Waals surface area contributed by atoms with Crippen molar-refractivity contribution in [3.8, 4) is 23.0 Å². The van der Waals surface area contributed by atoms with Crippen LogP contribution in [-0.2, 0) is 16.1 Å². The fourth-order valence-corrected chi connectivity index (χ4v) is 4.86. The largest absolute Gasteiger partial charge is 0.335 e. The number of carbonyl (C=O) groups is 2. The van der Waals surface area contributed by atoms with Crippen molar-refractivity contribution >= 4 is 49.2 Å². The van der Waals surface area contributed by atoms with Gasteiger partial charge in [-0.1, -0.05) is 6.07 Å². The quantitative estimate of drug-likeness (QED) is 0.496. The van der Waals surface area contributed by atoms with Gasteiger partial charge in [0.2, 0.25) is 11.7 Å². The van der Waals surface area contributed by atoms with Crippen LogP contribution in [0.4, 0.5) is 8.78 Å². The van der Waals surface area contributed by atoms with Crippen molar-refractivity contribution in [3.63, 3.8) is 0 Å². The lowest BCUT2D eigenvalue weighted by Gasteiger charge is -2.42. The maximum absolute atomic E-state index is 13.8. The number of alkyl halides is 1. The molecule has 0 radical (unpaired) electrons. The van der Waals surface area contributed by atoms with Crippen molar-refractivity contribution in [3.05, 3.63) is 50.0 Å². The molecular formula is C22H16BrF2N3O3S. The fourth-order valence-electron chi connectivity index (χ4n) is 3.47. The summed E-state index contributed by atoms with van der Waals surface area (Å²) in [6.45, 7) is 2.42. The molecule has 164 valence electrons. The SMILES string of the molecule is CC(=O)C#Cc1sc2ncn(CC(=O)N3CC(C)(F)C3)c(=O)c2c1-c1ccc(F)c(Br)c1. The average molecular weight is 520 g/mol. The molecule has 1 amide bonds. The van der Waals surface area contributed by atoms with E-state index in [-0.39, 0.29) is 41.2 Å². The minimum atomic E-state index is -1.41. The zero-order valence-corrected chi connectivity index (χ0v) is 19.4. The van der Waals surface area contributed by atoms with E-state index in [0.29, 0.717) is 20.8 Å². The Morgan fingerprint density at radius 3 is 2.69 bits per heavy atom. The maximum Gasteiger partial charge on any atom is 0.263 e. The summed E-state index contributed by atoms with van der Waals surface area (Å²) in [7, 11) is 0. The van der Waals surface area contributed by atoms with E-state index >= 15 is 0 Å². The Hall–Kier alpha value is -2.90. The van der Waals surface area contributed by atoms with E-state index in [2.05, 4.69) is 32.8 Å². The first-order valence-electron chi connectivity index (χ1n) is 9.52. The third kappa shape index (κ3) is 4.23. The number of ketones is 1. The molecule has 1 aromatic carbocycles. The number of carbonyl (C=O) groups excluding carboxylic acids is 2. The van der Waals surface area contributed by atoms with Crippen LogP contribution < -0.4 is 5.56 Å². The molecule has 0 aliphatic carbocycles. The monoisotopic (exact) mass is 519 g/mol. The van der Waals surface area contributed by atoms with Gasteiger partial charge in [0.05, 0.1) is 34.2 Å². The van der Waals surface area contributed by atoms with Crippen LogP contribution in [0.1, 0.15) is 18.7 Å². The predicted octanol–water partition coefficient (Wildman–Crippen LogP) is 3.54. The highest BCUT2D eigenvalue weighted by atomic mass is 79.9. The molecule has 0 bridgehead atoms. The molecule has 0 spiro atoms. The second kappa shape index (κ2) is 8.22. The van der Waals surface area contributed by atoms with Crippen LogP contribution in [0.15, 0.2) is 33.8 Å². The second-order valence-corrected chi connectivity index (χ2v) is 9.62. The maximum atomic E-state index is 13.8. The Labute approximate surface area is 194 Å². The Bertz CT molecular complexity index is 1390. The van der Waals surface area contributed by atoms with Gasteiger partial charge in [0.15, 0.2) is 0 Å². The summed E-state index contributed by atoms with van der Waals surface area (Å²) < 4.78 is 28.9. The van der Waals surface area contributed by atoms with Gasteiger partial charge in [0.25, 0.3) is 5.56 Å². The molecule has 1 aliphatic rings. The Kier molecular flexibility index (Phi) is 5.73. The predicted molar refractivity (Wildman–Crippen MR) is 121 cm³/mol. The smallest absolute Gasteiger partial charge is 0.263 e. The van der Waals surface area contributed by atoms with Crippen LogP contribution in [0.25, 0.3) is 21.3 Å². The normalized spacial score (nSPS) is 14.6. The Balaban J connectivity index is 1.84. The van der Waals surface area contributed by atoms with Crippen molar-refractivity contribution in [1.29, 1.82) is 0 Å². The number of nitrogens with zero attached hydrogens (tertiary/aromatic N) is 3. The summed E-state index contributed by atoms with van der Waals surface area (Å²) >= 11 is 4.28. The molecule has 0 N–H and O–H groups in total. The van der Waals surface area contributed by atoms with Gasteiger partial charge in [0, 0.05) is 12.5 Å². The van der Waals surface area contributed by atoms with E-state index in [1.165, 1.54) is 43.3 Å². The zero-order chi connectivity index (χ0) is 23.2. The summed E-state index contributed by atoms with van der Waals surface area (Å²) in [5.74, 6) is 4.03. The summed E-state index contributed by atoms with van der Waals surface area (Å²) in [5.41, 5.74) is -0.964. The lowest BCUT2D eigenvalue weighted by atomic mass is 9.99. The number of aromatic nitrogens is 2. The number of amides is 1. The van der Waals surface area contributed by atoms with E-state index in [1.54, 1.807) is 0 Å².